The highest BCUT2D eigenvalue weighted by Crippen LogP contribution is 2.26. The maximum absolute atomic E-state index is 12.7. The van der Waals surface area contributed by atoms with Crippen LogP contribution in [0.1, 0.15) is 37.9 Å². The molecule has 2 aromatic carbocycles. The lowest BCUT2D eigenvalue weighted by molar-refractivity contribution is -0.307. The van der Waals surface area contributed by atoms with E-state index in [4.69, 9.17) is 21.9 Å². The summed E-state index contributed by atoms with van der Waals surface area (Å²) in [6.45, 7) is 0. The number of nitrogens with two attached hydrogens (primary N) is 1. The van der Waals surface area contributed by atoms with Gasteiger partial charge < -0.3 is 40.7 Å². The summed E-state index contributed by atoms with van der Waals surface area (Å²) < 4.78 is 5.34. The van der Waals surface area contributed by atoms with Gasteiger partial charge in [0.2, 0.25) is 17.7 Å². The Bertz CT molecular complexity index is 1410. The van der Waals surface area contributed by atoms with Crippen LogP contribution in [0.2, 0.25) is 5.02 Å². The third kappa shape index (κ3) is 9.76. The molecule has 1 aromatic heterocycles. The van der Waals surface area contributed by atoms with Gasteiger partial charge in [-0.05, 0) is 48.9 Å². The molecule has 0 saturated carbocycles. The number of nitrogens with one attached hydrogen (secondary N) is 2. The summed E-state index contributed by atoms with van der Waals surface area (Å²) in [6.07, 6.45) is -1.76. The van der Waals surface area contributed by atoms with Crippen LogP contribution in [0.4, 0.5) is 0 Å². The number of halogens is 1. The molecule has 0 bridgehead atoms. The zero-order valence-corrected chi connectivity index (χ0v) is 22.5. The van der Waals surface area contributed by atoms with E-state index in [2.05, 4.69) is 15.8 Å². The molecule has 0 aliphatic carbocycles. The molecule has 3 amide bonds. The lowest BCUT2D eigenvalue weighted by Gasteiger charge is -2.22. The summed E-state index contributed by atoms with van der Waals surface area (Å²) in [7, 11) is 0. The second-order valence-electron chi connectivity index (χ2n) is 9.17. The molecular formula is C28H27ClN4O8-2. The van der Waals surface area contributed by atoms with Crippen molar-refractivity contribution in [2.75, 3.05) is 0 Å². The Hall–Kier alpha value is -4.71. The maximum Gasteiger partial charge on any atom is 0.243 e. The summed E-state index contributed by atoms with van der Waals surface area (Å²) in [5.41, 5.74) is 8.48. The molecule has 0 fully saturated rings. The van der Waals surface area contributed by atoms with Crippen molar-refractivity contribution >= 4 is 41.3 Å². The van der Waals surface area contributed by atoms with E-state index in [1.54, 1.807) is 12.1 Å². The molecule has 12 nitrogen and oxygen atoms in total. The summed E-state index contributed by atoms with van der Waals surface area (Å²) in [5.74, 6) is -4.99. The van der Waals surface area contributed by atoms with Gasteiger partial charge >= 0.3 is 0 Å². The van der Waals surface area contributed by atoms with Crippen molar-refractivity contribution in [1.82, 2.24) is 15.8 Å². The third-order valence-electron chi connectivity index (χ3n) is 6.08. The van der Waals surface area contributed by atoms with Crippen molar-refractivity contribution in [1.29, 1.82) is 0 Å². The van der Waals surface area contributed by atoms with Gasteiger partial charge in [-0.2, -0.15) is 0 Å². The number of rotatable bonds is 15. The van der Waals surface area contributed by atoms with Crippen molar-refractivity contribution in [2.45, 2.75) is 50.6 Å². The standard InChI is InChI=1S/C28H29ClN4O8/c29-19-3-1-2-18(14-19)16-4-6-17(7-5-16)23-15-20(41-33-23)8-11-24(34)31-22(10-13-26(37)38)28(40)32-21(27(30)39)9-12-25(35)36/h1-7,14-15,21-22H,8-13H2,(H2,30,39)(H,31,34)(H,32,40)(H,35,36)(H,37,38)/p-2/t21-,22-/m0/s1. The molecular weight excluding hydrogens is 556 g/mol. The van der Waals surface area contributed by atoms with Gasteiger partial charge in [0, 0.05) is 41.4 Å². The average Bonchev–Trinajstić information content (AvgIpc) is 3.41. The van der Waals surface area contributed by atoms with Gasteiger partial charge in [0.15, 0.2) is 0 Å². The van der Waals surface area contributed by atoms with Gasteiger partial charge in [0.25, 0.3) is 0 Å². The van der Waals surface area contributed by atoms with E-state index < -0.39 is 54.6 Å². The van der Waals surface area contributed by atoms with Crippen LogP contribution >= 0.6 is 11.6 Å². The Labute approximate surface area is 239 Å². The molecule has 0 saturated heterocycles. The minimum absolute atomic E-state index is 0.124. The molecule has 13 heteroatoms. The first-order valence-electron chi connectivity index (χ1n) is 12.6. The number of amides is 3. The molecule has 3 aromatic rings. The number of carboxylic acid groups (broad SMARTS) is 2. The fourth-order valence-electron chi connectivity index (χ4n) is 3.92. The summed E-state index contributed by atoms with van der Waals surface area (Å²) in [4.78, 5) is 58.5. The second-order valence-corrected chi connectivity index (χ2v) is 9.61. The predicted molar refractivity (Wildman–Crippen MR) is 142 cm³/mol. The Kier molecular flexibility index (Phi) is 11.0. The number of carbonyl (C=O) groups is 5. The first-order chi connectivity index (χ1) is 19.5. The van der Waals surface area contributed by atoms with Crippen LogP contribution in [0, 0.1) is 0 Å². The Morgan fingerprint density at radius 3 is 2.07 bits per heavy atom. The topological polar surface area (TPSA) is 208 Å². The molecule has 2 atom stereocenters. The number of primary amides is 1. The smallest absolute Gasteiger partial charge is 0.243 e. The number of aliphatic carboxylic acids is 2. The SMILES string of the molecule is NC(=O)[C@H](CCC(=O)[O-])NC(=O)[C@H](CCC(=O)[O-])NC(=O)CCc1cc(-c2ccc(-c3cccc(Cl)c3)cc2)no1. The monoisotopic (exact) mass is 582 g/mol. The van der Waals surface area contributed by atoms with Crippen molar-refractivity contribution in [2.24, 2.45) is 5.73 Å². The number of hydrogen-bond acceptors (Lipinski definition) is 9. The number of hydrogen-bond donors (Lipinski definition) is 3. The number of benzene rings is 2. The fourth-order valence-corrected chi connectivity index (χ4v) is 4.11. The molecule has 1 heterocycles. The van der Waals surface area contributed by atoms with Crippen molar-refractivity contribution in [3.05, 3.63) is 65.4 Å². The molecule has 0 aliphatic rings. The summed E-state index contributed by atoms with van der Waals surface area (Å²) in [5, 5.41) is 31.0. The number of nitrogens with zero attached hydrogens (tertiary/aromatic N) is 1. The molecule has 216 valence electrons. The maximum atomic E-state index is 12.7. The first kappa shape index (κ1) is 30.8. The zero-order chi connectivity index (χ0) is 29.9. The van der Waals surface area contributed by atoms with E-state index in [0.29, 0.717) is 16.5 Å². The highest BCUT2D eigenvalue weighted by Gasteiger charge is 2.25. The zero-order valence-electron chi connectivity index (χ0n) is 21.8. The molecule has 0 unspecified atom stereocenters. The quantitative estimate of drug-likeness (QED) is 0.222. The van der Waals surface area contributed by atoms with Gasteiger partial charge in [0.1, 0.15) is 23.5 Å². The minimum atomic E-state index is -1.45. The summed E-state index contributed by atoms with van der Waals surface area (Å²) >= 11 is 6.07. The van der Waals surface area contributed by atoms with E-state index in [-0.39, 0.29) is 25.7 Å². The highest BCUT2D eigenvalue weighted by atomic mass is 35.5. The fraction of sp³-hybridized carbons (Fsp3) is 0.286. The number of carbonyl (C=O) groups excluding carboxylic acids is 5. The van der Waals surface area contributed by atoms with Gasteiger partial charge in [-0.15, -0.1) is 0 Å². The van der Waals surface area contributed by atoms with Gasteiger partial charge in [-0.1, -0.05) is 53.2 Å². The van der Waals surface area contributed by atoms with Crippen LogP contribution in [0.5, 0.6) is 0 Å². The van der Waals surface area contributed by atoms with Crippen molar-refractivity contribution < 1.29 is 38.7 Å². The number of aryl methyl sites for hydroxylation is 1. The van der Waals surface area contributed by atoms with Crippen molar-refractivity contribution in [3.8, 4) is 22.4 Å². The van der Waals surface area contributed by atoms with Crippen LogP contribution < -0.4 is 26.6 Å². The average molecular weight is 583 g/mol. The van der Waals surface area contributed by atoms with Gasteiger partial charge in [-0.25, -0.2) is 0 Å². The Morgan fingerprint density at radius 1 is 0.829 bits per heavy atom. The van der Waals surface area contributed by atoms with Crippen molar-refractivity contribution in [3.63, 3.8) is 0 Å². The van der Waals surface area contributed by atoms with Crippen LogP contribution in [0.15, 0.2) is 59.1 Å². The number of carboxylic acids is 2. The first-order valence-corrected chi connectivity index (χ1v) is 13.0. The van der Waals surface area contributed by atoms with E-state index in [0.717, 1.165) is 16.7 Å². The van der Waals surface area contributed by atoms with Gasteiger partial charge in [-0.3, -0.25) is 14.4 Å². The molecule has 3 rings (SSSR count). The largest absolute Gasteiger partial charge is 0.550 e. The van der Waals surface area contributed by atoms with E-state index in [1.807, 2.05) is 42.5 Å². The Morgan fingerprint density at radius 2 is 1.46 bits per heavy atom. The third-order valence-corrected chi connectivity index (χ3v) is 6.32. The van der Waals surface area contributed by atoms with Gasteiger partial charge in [0.05, 0.1) is 0 Å². The van der Waals surface area contributed by atoms with E-state index >= 15 is 0 Å². The normalized spacial score (nSPS) is 12.2. The molecule has 0 spiro atoms. The molecule has 0 radical (unpaired) electrons. The lowest BCUT2D eigenvalue weighted by atomic mass is 10.0. The predicted octanol–water partition coefficient (Wildman–Crippen LogP) is 0.110. The van der Waals surface area contributed by atoms with Crippen LogP contribution in [-0.4, -0.2) is 46.9 Å². The second kappa shape index (κ2) is 14.6. The van der Waals surface area contributed by atoms with Crippen LogP contribution in [0.25, 0.3) is 22.4 Å². The molecule has 0 aliphatic heterocycles. The van der Waals surface area contributed by atoms with E-state index in [9.17, 15) is 34.2 Å². The van der Waals surface area contributed by atoms with E-state index in [1.165, 1.54) is 0 Å². The minimum Gasteiger partial charge on any atom is -0.550 e. The lowest BCUT2D eigenvalue weighted by Crippen LogP contribution is -2.53. The molecule has 41 heavy (non-hydrogen) atoms. The number of aromatic nitrogens is 1. The van der Waals surface area contributed by atoms with Crippen LogP contribution in [0.3, 0.4) is 0 Å². The Balaban J connectivity index is 1.59. The highest BCUT2D eigenvalue weighted by molar-refractivity contribution is 6.30. The van der Waals surface area contributed by atoms with Crippen LogP contribution in [-0.2, 0) is 30.4 Å². The molecule has 4 N–H and O–H groups in total. The summed E-state index contributed by atoms with van der Waals surface area (Å²) in [6, 6.07) is 14.0.